The molecule has 2 heterocycles. The monoisotopic (exact) mass is 270 g/mol. The molecule has 0 unspecified atom stereocenters. The zero-order valence-electron chi connectivity index (χ0n) is 11.0. The highest BCUT2D eigenvalue weighted by molar-refractivity contribution is 5.92. The first-order valence-electron chi connectivity index (χ1n) is 6.55. The molecule has 0 aromatic carbocycles. The summed E-state index contributed by atoms with van der Waals surface area (Å²) >= 11 is 0. The number of nitrogens with two attached hydrogens (primary N) is 1. The Bertz CT molecular complexity index is 634. The van der Waals surface area contributed by atoms with Crippen LogP contribution in [0.15, 0.2) is 47.1 Å². The first-order valence-corrected chi connectivity index (χ1v) is 6.55. The van der Waals surface area contributed by atoms with Crippen molar-refractivity contribution in [2.75, 3.05) is 0 Å². The van der Waals surface area contributed by atoms with E-state index in [4.69, 9.17) is 15.2 Å². The maximum atomic E-state index is 12.2. The van der Waals surface area contributed by atoms with Crippen LogP contribution < -0.4 is 5.73 Å². The van der Waals surface area contributed by atoms with Crippen molar-refractivity contribution < 1.29 is 14.3 Å². The van der Waals surface area contributed by atoms with Gasteiger partial charge in [0.25, 0.3) is 0 Å². The normalized spacial score (nSPS) is 31.2. The number of esters is 1. The highest BCUT2D eigenvalue weighted by Crippen LogP contribution is 2.42. The van der Waals surface area contributed by atoms with Gasteiger partial charge in [0.1, 0.15) is 17.9 Å². The van der Waals surface area contributed by atoms with E-state index in [0.29, 0.717) is 23.3 Å². The first-order chi connectivity index (χ1) is 9.67. The van der Waals surface area contributed by atoms with E-state index >= 15 is 0 Å². The molecule has 2 aliphatic heterocycles. The van der Waals surface area contributed by atoms with Crippen LogP contribution in [-0.4, -0.2) is 12.1 Å². The quantitative estimate of drug-likeness (QED) is 0.732. The summed E-state index contributed by atoms with van der Waals surface area (Å²) in [6.45, 7) is 1.90. The van der Waals surface area contributed by atoms with E-state index in [0.717, 1.165) is 0 Å². The molecule has 0 saturated carbocycles. The predicted octanol–water partition coefficient (Wildman–Crippen LogP) is 1.66. The minimum absolute atomic E-state index is 0.0921. The lowest BCUT2D eigenvalue weighted by atomic mass is 9.80. The number of nitriles is 1. The van der Waals surface area contributed by atoms with Crippen LogP contribution in [0.1, 0.15) is 13.3 Å². The van der Waals surface area contributed by atoms with E-state index in [1.807, 2.05) is 37.3 Å². The SMILES string of the molecule is CC[C@@H]1C(C#N)=C(N)OC2=C1C(=O)O[C@H]1C=CC=C[C@@H]21. The van der Waals surface area contributed by atoms with Gasteiger partial charge in [-0.15, -0.1) is 0 Å². The minimum Gasteiger partial charge on any atom is -0.454 e. The third-order valence-electron chi connectivity index (χ3n) is 3.83. The molecule has 0 fully saturated rings. The van der Waals surface area contributed by atoms with Crippen molar-refractivity contribution in [3.05, 3.63) is 47.1 Å². The van der Waals surface area contributed by atoms with Crippen molar-refractivity contribution in [3.8, 4) is 6.07 Å². The highest BCUT2D eigenvalue weighted by atomic mass is 16.6. The van der Waals surface area contributed by atoms with Crippen LogP contribution in [0.25, 0.3) is 0 Å². The molecular formula is C15H14N2O3. The molecule has 0 aromatic heterocycles. The molecule has 3 atom stereocenters. The standard InChI is InChI=1S/C15H14N2O3/c1-2-8-10(7-16)14(17)20-13-9-5-3-4-6-11(9)19-15(18)12(8)13/h3-6,8-9,11H,2,17H2,1H3/t8-,9-,11+/m1/s1. The molecule has 3 aliphatic rings. The fourth-order valence-electron chi connectivity index (χ4n) is 2.87. The minimum atomic E-state index is -0.423. The van der Waals surface area contributed by atoms with Crippen molar-refractivity contribution >= 4 is 5.97 Å². The van der Waals surface area contributed by atoms with Crippen LogP contribution in [0.3, 0.4) is 0 Å². The molecule has 5 nitrogen and oxygen atoms in total. The third-order valence-corrected chi connectivity index (χ3v) is 3.83. The maximum Gasteiger partial charge on any atom is 0.338 e. The van der Waals surface area contributed by atoms with Gasteiger partial charge in [0.05, 0.1) is 17.1 Å². The molecule has 0 saturated heterocycles. The molecule has 0 amide bonds. The van der Waals surface area contributed by atoms with E-state index in [-0.39, 0.29) is 23.8 Å². The van der Waals surface area contributed by atoms with Gasteiger partial charge in [-0.2, -0.15) is 5.26 Å². The van der Waals surface area contributed by atoms with Gasteiger partial charge in [0, 0.05) is 5.92 Å². The third kappa shape index (κ3) is 1.65. The lowest BCUT2D eigenvalue weighted by Gasteiger charge is -2.37. The topological polar surface area (TPSA) is 85.3 Å². The zero-order chi connectivity index (χ0) is 14.3. The summed E-state index contributed by atoms with van der Waals surface area (Å²) in [4.78, 5) is 12.2. The van der Waals surface area contributed by atoms with E-state index in [1.165, 1.54) is 0 Å². The smallest absolute Gasteiger partial charge is 0.338 e. The van der Waals surface area contributed by atoms with Crippen LogP contribution >= 0.6 is 0 Å². The molecule has 2 N–H and O–H groups in total. The van der Waals surface area contributed by atoms with Crippen LogP contribution in [0.5, 0.6) is 0 Å². The molecule has 0 bridgehead atoms. The Morgan fingerprint density at radius 1 is 1.40 bits per heavy atom. The summed E-state index contributed by atoms with van der Waals surface area (Å²) in [5.74, 6) is -0.324. The summed E-state index contributed by atoms with van der Waals surface area (Å²) in [5, 5.41) is 9.20. The molecule has 0 radical (unpaired) electrons. The second-order valence-electron chi connectivity index (χ2n) is 4.90. The van der Waals surface area contributed by atoms with Crippen LogP contribution in [0.4, 0.5) is 0 Å². The van der Waals surface area contributed by atoms with Gasteiger partial charge in [0.2, 0.25) is 5.88 Å². The van der Waals surface area contributed by atoms with Crippen LogP contribution in [0, 0.1) is 23.2 Å². The van der Waals surface area contributed by atoms with Gasteiger partial charge in [-0.3, -0.25) is 0 Å². The van der Waals surface area contributed by atoms with Crippen LogP contribution in [0.2, 0.25) is 0 Å². The maximum absolute atomic E-state index is 12.2. The summed E-state index contributed by atoms with van der Waals surface area (Å²) in [6, 6.07) is 2.04. The van der Waals surface area contributed by atoms with Crippen molar-refractivity contribution in [2.24, 2.45) is 17.6 Å². The van der Waals surface area contributed by atoms with E-state index in [2.05, 4.69) is 0 Å². The summed E-state index contributed by atoms with van der Waals surface area (Å²) in [5.41, 5.74) is 6.57. The molecule has 20 heavy (non-hydrogen) atoms. The molecular weight excluding hydrogens is 256 g/mol. The fourth-order valence-corrected chi connectivity index (χ4v) is 2.87. The summed E-state index contributed by atoms with van der Waals surface area (Å²) in [7, 11) is 0. The summed E-state index contributed by atoms with van der Waals surface area (Å²) in [6.07, 6.45) is 7.69. The number of allylic oxidation sites excluding steroid dienone is 3. The Morgan fingerprint density at radius 3 is 2.85 bits per heavy atom. The van der Waals surface area contributed by atoms with Gasteiger partial charge >= 0.3 is 5.97 Å². The number of carbonyl (C=O) groups excluding carboxylic acids is 1. The van der Waals surface area contributed by atoms with Gasteiger partial charge < -0.3 is 15.2 Å². The molecule has 3 rings (SSSR count). The Hall–Kier alpha value is -2.48. The molecule has 102 valence electrons. The number of ether oxygens (including phenoxy) is 2. The number of hydrogen-bond donors (Lipinski definition) is 1. The number of fused-ring (bicyclic) bond motifs is 2. The van der Waals surface area contributed by atoms with Crippen molar-refractivity contribution in [3.63, 3.8) is 0 Å². The first kappa shape index (κ1) is 12.5. The molecule has 1 aliphatic carbocycles. The Labute approximate surface area is 116 Å². The largest absolute Gasteiger partial charge is 0.454 e. The highest BCUT2D eigenvalue weighted by Gasteiger charge is 2.44. The number of hydrogen-bond acceptors (Lipinski definition) is 5. The summed E-state index contributed by atoms with van der Waals surface area (Å²) < 4.78 is 11.0. The van der Waals surface area contributed by atoms with Crippen molar-refractivity contribution in [1.82, 2.24) is 0 Å². The van der Waals surface area contributed by atoms with E-state index in [1.54, 1.807) is 0 Å². The predicted molar refractivity (Wildman–Crippen MR) is 70.4 cm³/mol. The average molecular weight is 270 g/mol. The van der Waals surface area contributed by atoms with Gasteiger partial charge in [-0.1, -0.05) is 25.2 Å². The second-order valence-corrected chi connectivity index (χ2v) is 4.90. The van der Waals surface area contributed by atoms with Crippen molar-refractivity contribution in [1.29, 1.82) is 5.26 Å². The lowest BCUT2D eigenvalue weighted by Crippen LogP contribution is -2.39. The number of nitrogens with zero attached hydrogens (tertiary/aromatic N) is 1. The second kappa shape index (κ2) is 4.57. The molecule has 0 aromatic rings. The van der Waals surface area contributed by atoms with Crippen LogP contribution in [-0.2, 0) is 14.3 Å². The fraction of sp³-hybridized carbons (Fsp3) is 0.333. The Morgan fingerprint density at radius 2 is 2.15 bits per heavy atom. The van der Waals surface area contributed by atoms with E-state index in [9.17, 15) is 10.1 Å². The van der Waals surface area contributed by atoms with Crippen molar-refractivity contribution in [2.45, 2.75) is 19.4 Å². The number of carbonyl (C=O) groups is 1. The number of rotatable bonds is 1. The lowest BCUT2D eigenvalue weighted by molar-refractivity contribution is -0.147. The molecule has 5 heteroatoms. The van der Waals surface area contributed by atoms with Gasteiger partial charge in [-0.05, 0) is 12.5 Å². The molecule has 0 spiro atoms. The van der Waals surface area contributed by atoms with Gasteiger partial charge in [0.15, 0.2) is 0 Å². The Balaban J connectivity index is 2.11. The van der Waals surface area contributed by atoms with Gasteiger partial charge in [-0.25, -0.2) is 4.79 Å². The zero-order valence-corrected chi connectivity index (χ0v) is 11.0. The Kier molecular flexibility index (Phi) is 2.87. The average Bonchev–Trinajstić information content (AvgIpc) is 2.46. The van der Waals surface area contributed by atoms with E-state index < -0.39 is 5.97 Å².